The first-order valence-electron chi connectivity index (χ1n) is 7.65. The maximum atomic E-state index is 12.6. The van der Waals surface area contributed by atoms with Gasteiger partial charge >= 0.3 is 17.6 Å². The van der Waals surface area contributed by atoms with Crippen LogP contribution >= 0.6 is 0 Å². The molecule has 0 spiro atoms. The first-order valence-corrected chi connectivity index (χ1v) is 7.65. The van der Waals surface area contributed by atoms with Crippen molar-refractivity contribution < 1.29 is 28.8 Å². The number of benzene rings is 1. The van der Waals surface area contributed by atoms with Gasteiger partial charge in [0.05, 0.1) is 30.3 Å². The summed E-state index contributed by atoms with van der Waals surface area (Å²) < 4.78 is 10.4. The van der Waals surface area contributed by atoms with Crippen molar-refractivity contribution in [2.45, 2.75) is 13.5 Å². The number of carbonyl (C=O) groups excluding carboxylic acids is 3. The Balaban J connectivity index is 2.46. The predicted octanol–water partition coefficient (Wildman–Crippen LogP) is 1.64. The van der Waals surface area contributed by atoms with Crippen LogP contribution in [0.5, 0.6) is 0 Å². The van der Waals surface area contributed by atoms with E-state index in [9.17, 15) is 24.5 Å². The predicted molar refractivity (Wildman–Crippen MR) is 91.6 cm³/mol. The van der Waals surface area contributed by atoms with E-state index in [2.05, 4.69) is 19.9 Å². The monoisotopic (exact) mass is 376 g/mol. The summed E-state index contributed by atoms with van der Waals surface area (Å²) in [5, 5.41) is 17.4. The fourth-order valence-electron chi connectivity index (χ4n) is 2.34. The van der Waals surface area contributed by atoms with Gasteiger partial charge in [0.2, 0.25) is 5.69 Å². The molecule has 0 aliphatic carbocycles. The number of anilines is 1. The number of nitro groups is 1. The number of carbonyl (C=O) groups is 3. The summed E-state index contributed by atoms with van der Waals surface area (Å²) >= 11 is 0. The van der Waals surface area contributed by atoms with Crippen molar-refractivity contribution in [3.63, 3.8) is 0 Å². The van der Waals surface area contributed by atoms with Gasteiger partial charge in [0.25, 0.3) is 5.91 Å². The van der Waals surface area contributed by atoms with Crippen molar-refractivity contribution in [2.75, 3.05) is 19.5 Å². The highest BCUT2D eigenvalue weighted by Gasteiger charge is 2.27. The summed E-state index contributed by atoms with van der Waals surface area (Å²) in [5.74, 6) is -2.29. The van der Waals surface area contributed by atoms with Crippen molar-refractivity contribution in [3.05, 3.63) is 51.3 Å². The molecule has 0 saturated heterocycles. The van der Waals surface area contributed by atoms with E-state index in [1.807, 2.05) is 0 Å². The lowest BCUT2D eigenvalue weighted by molar-refractivity contribution is -0.385. The van der Waals surface area contributed by atoms with Gasteiger partial charge in [-0.25, -0.2) is 9.59 Å². The van der Waals surface area contributed by atoms with Gasteiger partial charge in [-0.2, -0.15) is 5.10 Å². The number of hydrogen-bond acceptors (Lipinski definition) is 8. The summed E-state index contributed by atoms with van der Waals surface area (Å²) in [6, 6.07) is 3.79. The summed E-state index contributed by atoms with van der Waals surface area (Å²) in [6.07, 6.45) is 0.975. The molecule has 1 aromatic heterocycles. The molecule has 0 radical (unpaired) electrons. The average molecular weight is 376 g/mol. The molecule has 0 atom stereocenters. The molecule has 1 amide bonds. The van der Waals surface area contributed by atoms with Crippen LogP contribution in [0.1, 0.15) is 38.1 Å². The van der Waals surface area contributed by atoms with Gasteiger partial charge in [0, 0.05) is 12.2 Å². The molecular formula is C16H16N4O7. The van der Waals surface area contributed by atoms with Crippen molar-refractivity contribution in [3.8, 4) is 0 Å². The molecule has 142 valence electrons. The lowest BCUT2D eigenvalue weighted by Crippen LogP contribution is -2.19. The maximum absolute atomic E-state index is 12.6. The van der Waals surface area contributed by atoms with Crippen molar-refractivity contribution in [1.82, 2.24) is 9.78 Å². The zero-order valence-corrected chi connectivity index (χ0v) is 14.7. The molecule has 1 aromatic carbocycles. The van der Waals surface area contributed by atoms with Crippen LogP contribution in [-0.4, -0.2) is 46.8 Å². The van der Waals surface area contributed by atoms with Crippen molar-refractivity contribution >= 4 is 29.2 Å². The minimum absolute atomic E-state index is 0.00537. The summed E-state index contributed by atoms with van der Waals surface area (Å²) in [4.78, 5) is 46.6. The minimum atomic E-state index is -0.820. The second-order valence-electron chi connectivity index (χ2n) is 5.19. The van der Waals surface area contributed by atoms with Crippen LogP contribution in [0.3, 0.4) is 0 Å². The Kier molecular flexibility index (Phi) is 5.85. The highest BCUT2D eigenvalue weighted by molar-refractivity contribution is 6.07. The molecule has 11 nitrogen and oxygen atoms in total. The van der Waals surface area contributed by atoms with E-state index in [-0.39, 0.29) is 29.1 Å². The Morgan fingerprint density at radius 1 is 1.15 bits per heavy atom. The number of methoxy groups -OCH3 is 2. The van der Waals surface area contributed by atoms with E-state index < -0.39 is 28.5 Å². The number of nitrogens with one attached hydrogen (secondary N) is 1. The molecular weight excluding hydrogens is 360 g/mol. The van der Waals surface area contributed by atoms with Crippen molar-refractivity contribution in [2.24, 2.45) is 0 Å². The summed E-state index contributed by atoms with van der Waals surface area (Å²) in [6.45, 7) is 1.90. The Morgan fingerprint density at radius 2 is 1.70 bits per heavy atom. The van der Waals surface area contributed by atoms with Crippen LogP contribution in [-0.2, 0) is 16.0 Å². The number of nitrogens with zero attached hydrogens (tertiary/aromatic N) is 3. The smallest absolute Gasteiger partial charge is 0.337 e. The topological polar surface area (TPSA) is 143 Å². The lowest BCUT2D eigenvalue weighted by atomic mass is 10.1. The molecule has 0 saturated carbocycles. The number of hydrogen-bond donors (Lipinski definition) is 1. The normalized spacial score (nSPS) is 10.2. The standard InChI is InChI=1S/C16H16N4O7/c1-4-19-13(12(8-17-19)20(24)25)14(21)18-11-6-9(15(22)26-2)5-10(7-11)16(23)27-3/h5-8H,4H2,1-3H3,(H,18,21). The van der Waals surface area contributed by atoms with E-state index >= 15 is 0 Å². The average Bonchev–Trinajstić information content (AvgIpc) is 3.10. The molecule has 1 heterocycles. The molecule has 11 heteroatoms. The third-order valence-electron chi connectivity index (χ3n) is 3.56. The van der Waals surface area contributed by atoms with Gasteiger partial charge < -0.3 is 14.8 Å². The second-order valence-corrected chi connectivity index (χ2v) is 5.19. The van der Waals surface area contributed by atoms with E-state index in [0.29, 0.717) is 0 Å². The number of aromatic nitrogens is 2. The third-order valence-corrected chi connectivity index (χ3v) is 3.56. The molecule has 0 aliphatic heterocycles. The van der Waals surface area contributed by atoms with Crippen LogP contribution in [0.25, 0.3) is 0 Å². The van der Waals surface area contributed by atoms with Crippen molar-refractivity contribution in [1.29, 1.82) is 0 Å². The molecule has 0 unspecified atom stereocenters. The van der Waals surface area contributed by atoms with Crippen LogP contribution in [0.2, 0.25) is 0 Å². The van der Waals surface area contributed by atoms with Gasteiger partial charge in [0.15, 0.2) is 0 Å². The molecule has 2 aromatic rings. The van der Waals surface area contributed by atoms with Crippen LogP contribution < -0.4 is 5.32 Å². The second kappa shape index (κ2) is 8.08. The number of amides is 1. The Hall–Kier alpha value is -3.76. The minimum Gasteiger partial charge on any atom is -0.465 e. The summed E-state index contributed by atoms with van der Waals surface area (Å²) in [7, 11) is 2.32. The number of esters is 2. The Bertz CT molecular complexity index is 885. The van der Waals surface area contributed by atoms with E-state index in [1.54, 1.807) is 6.92 Å². The van der Waals surface area contributed by atoms with Gasteiger partial charge in [-0.1, -0.05) is 0 Å². The van der Waals surface area contributed by atoms with Gasteiger partial charge in [-0.05, 0) is 25.1 Å². The molecule has 2 rings (SSSR count). The number of aryl methyl sites for hydroxylation is 1. The maximum Gasteiger partial charge on any atom is 0.337 e. The van der Waals surface area contributed by atoms with Crippen LogP contribution in [0.4, 0.5) is 11.4 Å². The van der Waals surface area contributed by atoms with Crippen LogP contribution in [0, 0.1) is 10.1 Å². The Labute approximate surface area is 153 Å². The fourth-order valence-corrected chi connectivity index (χ4v) is 2.34. The van der Waals surface area contributed by atoms with Crippen LogP contribution in [0.15, 0.2) is 24.4 Å². The first kappa shape index (κ1) is 19.6. The molecule has 0 aliphatic rings. The fraction of sp³-hybridized carbons (Fsp3) is 0.250. The van der Waals surface area contributed by atoms with E-state index in [4.69, 9.17) is 0 Å². The van der Waals surface area contributed by atoms with E-state index in [1.165, 1.54) is 22.9 Å². The zero-order chi connectivity index (χ0) is 20.1. The van der Waals surface area contributed by atoms with Gasteiger partial charge in [-0.15, -0.1) is 0 Å². The van der Waals surface area contributed by atoms with Gasteiger partial charge in [0.1, 0.15) is 6.20 Å². The lowest BCUT2D eigenvalue weighted by Gasteiger charge is -2.10. The molecule has 27 heavy (non-hydrogen) atoms. The number of rotatable bonds is 6. The number of ether oxygens (including phenoxy) is 2. The Morgan fingerprint density at radius 3 is 2.15 bits per heavy atom. The highest BCUT2D eigenvalue weighted by Crippen LogP contribution is 2.22. The molecule has 1 N–H and O–H groups in total. The third kappa shape index (κ3) is 4.08. The SMILES string of the molecule is CCn1ncc([N+](=O)[O-])c1C(=O)Nc1cc(C(=O)OC)cc(C(=O)OC)c1. The van der Waals surface area contributed by atoms with E-state index in [0.717, 1.165) is 20.4 Å². The molecule has 0 bridgehead atoms. The summed E-state index contributed by atoms with van der Waals surface area (Å²) in [5.41, 5.74) is -0.679. The molecule has 0 fully saturated rings. The first-order chi connectivity index (χ1) is 12.8. The largest absolute Gasteiger partial charge is 0.465 e. The zero-order valence-electron chi connectivity index (χ0n) is 14.7. The van der Waals surface area contributed by atoms with Gasteiger partial charge in [-0.3, -0.25) is 19.6 Å². The quantitative estimate of drug-likeness (QED) is 0.455. The highest BCUT2D eigenvalue weighted by atomic mass is 16.6.